The van der Waals surface area contributed by atoms with Crippen molar-refractivity contribution in [3.8, 4) is 22.4 Å². The van der Waals surface area contributed by atoms with E-state index in [0.29, 0.717) is 5.92 Å². The SMILES string of the molecule is CCC(CC)c1ccnc(-c2cccc3c2oc2ccc(-c4c(C)cccc4C)cc23)c1. The highest BCUT2D eigenvalue weighted by atomic mass is 16.3. The van der Waals surface area contributed by atoms with E-state index in [2.05, 4.69) is 94.4 Å². The zero-order valence-electron chi connectivity index (χ0n) is 19.3. The first-order valence-electron chi connectivity index (χ1n) is 11.6. The number of hydrogen-bond donors (Lipinski definition) is 0. The van der Waals surface area contributed by atoms with E-state index in [4.69, 9.17) is 9.40 Å². The van der Waals surface area contributed by atoms with E-state index in [1.54, 1.807) is 0 Å². The number of aromatic nitrogens is 1. The summed E-state index contributed by atoms with van der Waals surface area (Å²) in [7, 11) is 0. The Morgan fingerprint density at radius 2 is 1.56 bits per heavy atom. The number of fused-ring (bicyclic) bond motifs is 3. The molecule has 0 fully saturated rings. The molecule has 2 aromatic heterocycles. The molecule has 0 aliphatic rings. The largest absolute Gasteiger partial charge is 0.455 e. The summed E-state index contributed by atoms with van der Waals surface area (Å²) in [5.74, 6) is 0.562. The Balaban J connectivity index is 1.69. The number of pyridine rings is 1. The summed E-state index contributed by atoms with van der Waals surface area (Å²) < 4.78 is 6.40. The Labute approximate surface area is 189 Å². The monoisotopic (exact) mass is 419 g/mol. The van der Waals surface area contributed by atoms with Crippen LogP contribution in [0, 0.1) is 13.8 Å². The Hall–Kier alpha value is -3.39. The summed E-state index contributed by atoms with van der Waals surface area (Å²) >= 11 is 0. The van der Waals surface area contributed by atoms with Crippen molar-refractivity contribution >= 4 is 21.9 Å². The van der Waals surface area contributed by atoms with Gasteiger partial charge in [-0.25, -0.2) is 0 Å². The number of nitrogens with zero attached hydrogens (tertiary/aromatic N) is 1. The lowest BCUT2D eigenvalue weighted by molar-refractivity contribution is 0.641. The second-order valence-corrected chi connectivity index (χ2v) is 8.75. The molecule has 0 bridgehead atoms. The number of hydrogen-bond acceptors (Lipinski definition) is 2. The first-order chi connectivity index (χ1) is 15.6. The van der Waals surface area contributed by atoms with Gasteiger partial charge in [0.1, 0.15) is 11.2 Å². The van der Waals surface area contributed by atoms with Crippen LogP contribution in [-0.4, -0.2) is 4.98 Å². The van der Waals surface area contributed by atoms with Gasteiger partial charge < -0.3 is 4.42 Å². The maximum absolute atomic E-state index is 6.40. The van der Waals surface area contributed by atoms with Crippen molar-refractivity contribution in [1.82, 2.24) is 4.98 Å². The highest BCUT2D eigenvalue weighted by Crippen LogP contribution is 2.38. The molecule has 0 saturated carbocycles. The van der Waals surface area contributed by atoms with Crippen LogP contribution >= 0.6 is 0 Å². The molecule has 0 aliphatic carbocycles. The zero-order valence-corrected chi connectivity index (χ0v) is 19.3. The number of aryl methyl sites for hydroxylation is 2. The summed E-state index contributed by atoms with van der Waals surface area (Å²) in [4.78, 5) is 4.71. The fraction of sp³-hybridized carbons (Fsp3) is 0.233. The number of furan rings is 1. The number of benzene rings is 3. The van der Waals surface area contributed by atoms with Crippen LogP contribution in [0.5, 0.6) is 0 Å². The average molecular weight is 420 g/mol. The van der Waals surface area contributed by atoms with Gasteiger partial charge in [0.15, 0.2) is 0 Å². The van der Waals surface area contributed by atoms with E-state index in [1.165, 1.54) is 27.8 Å². The minimum absolute atomic E-state index is 0.562. The van der Waals surface area contributed by atoms with Gasteiger partial charge in [-0.15, -0.1) is 0 Å². The van der Waals surface area contributed by atoms with Crippen molar-refractivity contribution < 1.29 is 4.42 Å². The second-order valence-electron chi connectivity index (χ2n) is 8.75. The van der Waals surface area contributed by atoms with Crippen molar-refractivity contribution in [1.29, 1.82) is 0 Å². The molecule has 0 spiro atoms. The van der Waals surface area contributed by atoms with E-state index in [-0.39, 0.29) is 0 Å². The van der Waals surface area contributed by atoms with Crippen LogP contribution < -0.4 is 0 Å². The van der Waals surface area contributed by atoms with Gasteiger partial charge in [0.25, 0.3) is 0 Å². The van der Waals surface area contributed by atoms with Crippen molar-refractivity contribution in [2.24, 2.45) is 0 Å². The molecule has 32 heavy (non-hydrogen) atoms. The molecule has 0 saturated heterocycles. The van der Waals surface area contributed by atoms with E-state index in [1.807, 2.05) is 6.20 Å². The van der Waals surface area contributed by atoms with E-state index in [0.717, 1.165) is 46.0 Å². The van der Waals surface area contributed by atoms with Crippen LogP contribution in [0.2, 0.25) is 0 Å². The van der Waals surface area contributed by atoms with Gasteiger partial charge >= 0.3 is 0 Å². The molecule has 2 heteroatoms. The molecule has 0 amide bonds. The van der Waals surface area contributed by atoms with Gasteiger partial charge in [0, 0.05) is 22.5 Å². The summed E-state index contributed by atoms with van der Waals surface area (Å²) in [6.45, 7) is 8.86. The van der Waals surface area contributed by atoms with Crippen molar-refractivity contribution in [2.75, 3.05) is 0 Å². The lowest BCUT2D eigenvalue weighted by Gasteiger charge is -2.13. The summed E-state index contributed by atoms with van der Waals surface area (Å²) in [5, 5.41) is 2.29. The standard InChI is InChI=1S/C30H29NO/c1-5-21(6-2)22-15-16-31-27(18-22)25-12-8-11-24-26-17-23(13-14-28(26)32-30(24)25)29-19(3)9-7-10-20(29)4/h7-18,21H,5-6H2,1-4H3. The molecule has 0 atom stereocenters. The van der Waals surface area contributed by atoms with Gasteiger partial charge in [-0.1, -0.05) is 50.2 Å². The lowest BCUT2D eigenvalue weighted by atomic mass is 9.93. The molecule has 160 valence electrons. The lowest BCUT2D eigenvalue weighted by Crippen LogP contribution is -1.96. The first-order valence-corrected chi connectivity index (χ1v) is 11.6. The fourth-order valence-electron chi connectivity index (χ4n) is 5.03. The summed E-state index contributed by atoms with van der Waals surface area (Å²) in [6.07, 6.45) is 4.20. The number of para-hydroxylation sites is 1. The quantitative estimate of drug-likeness (QED) is 0.284. The van der Waals surface area contributed by atoms with Crippen LogP contribution in [-0.2, 0) is 0 Å². The fourth-order valence-corrected chi connectivity index (χ4v) is 5.03. The topological polar surface area (TPSA) is 26.0 Å². The van der Waals surface area contributed by atoms with Gasteiger partial charge in [-0.3, -0.25) is 4.98 Å². The van der Waals surface area contributed by atoms with E-state index < -0.39 is 0 Å². The van der Waals surface area contributed by atoms with Crippen LogP contribution in [0.15, 0.2) is 77.3 Å². The van der Waals surface area contributed by atoms with Crippen LogP contribution in [0.1, 0.15) is 49.3 Å². The minimum Gasteiger partial charge on any atom is -0.455 e. The third-order valence-corrected chi connectivity index (χ3v) is 6.78. The second kappa shape index (κ2) is 8.27. The van der Waals surface area contributed by atoms with Crippen LogP contribution in [0.3, 0.4) is 0 Å². The van der Waals surface area contributed by atoms with Crippen LogP contribution in [0.4, 0.5) is 0 Å². The van der Waals surface area contributed by atoms with E-state index >= 15 is 0 Å². The molecule has 0 unspecified atom stereocenters. The average Bonchev–Trinajstić information content (AvgIpc) is 3.18. The van der Waals surface area contributed by atoms with E-state index in [9.17, 15) is 0 Å². The predicted octanol–water partition coefficient (Wildman–Crippen LogP) is 8.84. The van der Waals surface area contributed by atoms with Gasteiger partial charge in [0.05, 0.1) is 5.69 Å². The Morgan fingerprint density at radius 1 is 0.812 bits per heavy atom. The molecule has 2 nitrogen and oxygen atoms in total. The molecular weight excluding hydrogens is 390 g/mol. The highest BCUT2D eigenvalue weighted by Gasteiger charge is 2.16. The summed E-state index contributed by atoms with van der Waals surface area (Å²) in [6, 6.07) is 23.8. The molecule has 2 heterocycles. The van der Waals surface area contributed by atoms with Gasteiger partial charge in [-0.2, -0.15) is 0 Å². The first kappa shape index (κ1) is 20.5. The minimum atomic E-state index is 0.562. The summed E-state index contributed by atoms with van der Waals surface area (Å²) in [5.41, 5.74) is 10.3. The maximum atomic E-state index is 6.40. The zero-order chi connectivity index (χ0) is 22.2. The van der Waals surface area contributed by atoms with Crippen molar-refractivity contribution in [3.63, 3.8) is 0 Å². The normalized spacial score (nSPS) is 11.7. The highest BCUT2D eigenvalue weighted by molar-refractivity contribution is 6.10. The Kier molecular flexibility index (Phi) is 5.30. The number of rotatable bonds is 5. The molecule has 5 rings (SSSR count). The molecule has 0 aliphatic heterocycles. The Morgan fingerprint density at radius 3 is 2.31 bits per heavy atom. The molecule has 5 aromatic rings. The predicted molar refractivity (Wildman–Crippen MR) is 135 cm³/mol. The van der Waals surface area contributed by atoms with Crippen molar-refractivity contribution in [3.05, 3.63) is 89.6 Å². The van der Waals surface area contributed by atoms with Crippen LogP contribution in [0.25, 0.3) is 44.3 Å². The van der Waals surface area contributed by atoms with Crippen molar-refractivity contribution in [2.45, 2.75) is 46.5 Å². The molecule has 0 N–H and O–H groups in total. The molecule has 3 aromatic carbocycles. The third-order valence-electron chi connectivity index (χ3n) is 6.78. The molecule has 0 radical (unpaired) electrons. The third kappa shape index (κ3) is 3.40. The maximum Gasteiger partial charge on any atom is 0.144 e. The van der Waals surface area contributed by atoms with Gasteiger partial charge in [-0.05, 0) is 90.8 Å². The molecular formula is C30H29NO. The Bertz CT molecular complexity index is 1400. The smallest absolute Gasteiger partial charge is 0.144 e. The van der Waals surface area contributed by atoms with Gasteiger partial charge in [0.2, 0.25) is 0 Å².